The van der Waals surface area contributed by atoms with Crippen molar-refractivity contribution in [3.8, 4) is 67.5 Å². The number of carbonyl (C=O) groups excluding carboxylic acids is 4. The SMILES string of the molecule is O=C1C(=O)c2c(oc(-c3ccc(Cl)cc3)c2-c2ccc(Cl)cc2)-c2ccccc21.O=C1C(=O)c2c(oc(-c3ccc(Cl)cc3)c2-c2ccc(Cl)cc2)-c2ccccc21. The topological polar surface area (TPSA) is 94.6 Å². The van der Waals surface area contributed by atoms with Gasteiger partial charge in [0.25, 0.3) is 0 Å². The summed E-state index contributed by atoms with van der Waals surface area (Å²) in [6.45, 7) is 0. The van der Waals surface area contributed by atoms with Gasteiger partial charge in [0.15, 0.2) is 0 Å². The molecule has 2 aromatic heterocycles. The number of ketones is 4. The fourth-order valence-electron chi connectivity index (χ4n) is 7.30. The Bertz CT molecular complexity index is 2770. The summed E-state index contributed by atoms with van der Waals surface area (Å²) in [6.07, 6.45) is 0. The Hall–Kier alpha value is -6.28. The molecule has 6 aromatic carbocycles. The molecule has 58 heavy (non-hydrogen) atoms. The van der Waals surface area contributed by atoms with Crippen LogP contribution < -0.4 is 0 Å². The predicted octanol–water partition coefficient (Wildman–Crippen LogP) is 13.9. The second kappa shape index (κ2) is 14.9. The molecule has 8 aromatic rings. The van der Waals surface area contributed by atoms with Gasteiger partial charge in [-0.15, -0.1) is 0 Å². The van der Waals surface area contributed by atoms with Crippen LogP contribution in [0.1, 0.15) is 41.4 Å². The molecule has 0 N–H and O–H groups in total. The van der Waals surface area contributed by atoms with Crippen molar-refractivity contribution in [1.82, 2.24) is 0 Å². The molecule has 2 aliphatic carbocycles. The van der Waals surface area contributed by atoms with Crippen LogP contribution in [0, 0.1) is 0 Å². The third-order valence-electron chi connectivity index (χ3n) is 9.99. The zero-order valence-electron chi connectivity index (χ0n) is 29.8. The zero-order valence-corrected chi connectivity index (χ0v) is 32.8. The van der Waals surface area contributed by atoms with Crippen molar-refractivity contribution in [3.05, 3.63) is 188 Å². The van der Waals surface area contributed by atoms with Crippen LogP contribution in [0.25, 0.3) is 67.5 Å². The Kier molecular flexibility index (Phi) is 9.59. The highest BCUT2D eigenvalue weighted by Gasteiger charge is 2.39. The summed E-state index contributed by atoms with van der Waals surface area (Å²) in [6, 6.07) is 42.5. The van der Waals surface area contributed by atoms with Gasteiger partial charge in [0.1, 0.15) is 23.0 Å². The normalized spacial score (nSPS) is 12.6. The first-order valence-electron chi connectivity index (χ1n) is 17.8. The van der Waals surface area contributed by atoms with Gasteiger partial charge in [0.2, 0.25) is 23.1 Å². The Morgan fingerprint density at radius 1 is 0.276 bits per heavy atom. The molecule has 0 bridgehead atoms. The summed E-state index contributed by atoms with van der Waals surface area (Å²) in [5.74, 6) is -0.405. The second-order valence-electron chi connectivity index (χ2n) is 13.5. The average Bonchev–Trinajstić information content (AvgIpc) is 3.85. The molecule has 280 valence electrons. The van der Waals surface area contributed by atoms with E-state index in [1.807, 2.05) is 60.7 Å². The molecule has 0 saturated heterocycles. The standard InChI is InChI=1S/2C24H12Cl2O3/c2*25-15-9-5-13(6-10-15)19-20-22(28)21(27)17-3-1-2-4-18(17)24(20)29-23(19)14-7-11-16(26)12-8-14/h2*1-12H. The van der Waals surface area contributed by atoms with Crippen LogP contribution >= 0.6 is 46.4 Å². The van der Waals surface area contributed by atoms with Crippen molar-refractivity contribution in [2.45, 2.75) is 0 Å². The van der Waals surface area contributed by atoms with E-state index in [2.05, 4.69) is 0 Å². The lowest BCUT2D eigenvalue weighted by Crippen LogP contribution is -2.20. The molecule has 2 heterocycles. The van der Waals surface area contributed by atoms with Crippen molar-refractivity contribution in [3.63, 3.8) is 0 Å². The second-order valence-corrected chi connectivity index (χ2v) is 15.2. The Balaban J connectivity index is 0.000000150. The lowest BCUT2D eigenvalue weighted by Gasteiger charge is -2.13. The molecule has 0 fully saturated rings. The molecule has 10 heteroatoms. The largest absolute Gasteiger partial charge is 0.455 e. The third-order valence-corrected chi connectivity index (χ3v) is 11.0. The number of benzene rings is 6. The first kappa shape index (κ1) is 37.3. The summed E-state index contributed by atoms with van der Waals surface area (Å²) in [7, 11) is 0. The minimum atomic E-state index is -0.576. The molecule has 0 unspecified atom stereocenters. The molecule has 0 saturated carbocycles. The molecule has 0 radical (unpaired) electrons. The van der Waals surface area contributed by atoms with Crippen molar-refractivity contribution >= 4 is 69.5 Å². The lowest BCUT2D eigenvalue weighted by molar-refractivity contribution is 0.0815. The lowest BCUT2D eigenvalue weighted by atomic mass is 9.85. The first-order valence-corrected chi connectivity index (χ1v) is 19.3. The van der Waals surface area contributed by atoms with Gasteiger partial charge in [-0.25, -0.2) is 0 Å². The predicted molar refractivity (Wildman–Crippen MR) is 227 cm³/mol. The minimum Gasteiger partial charge on any atom is -0.455 e. The van der Waals surface area contributed by atoms with E-state index < -0.39 is 23.1 Å². The van der Waals surface area contributed by atoms with E-state index in [0.717, 1.165) is 22.3 Å². The molecule has 6 nitrogen and oxygen atoms in total. The number of hydrogen-bond acceptors (Lipinski definition) is 6. The molecule has 2 aliphatic rings. The number of halogens is 4. The maximum absolute atomic E-state index is 13.1. The minimum absolute atomic E-state index is 0.279. The molecular formula is C48H24Cl4O6. The number of fused-ring (bicyclic) bond motifs is 6. The van der Waals surface area contributed by atoms with Gasteiger partial charge in [-0.05, 0) is 83.9 Å². The third kappa shape index (κ3) is 6.41. The van der Waals surface area contributed by atoms with Gasteiger partial charge >= 0.3 is 0 Å². The van der Waals surface area contributed by atoms with Gasteiger partial charge in [-0.1, -0.05) is 119 Å². The first-order chi connectivity index (χ1) is 28.1. The van der Waals surface area contributed by atoms with Gasteiger partial charge in [0.05, 0.1) is 11.1 Å². The van der Waals surface area contributed by atoms with Crippen LogP contribution in [0.15, 0.2) is 154 Å². The summed E-state index contributed by atoms with van der Waals surface area (Å²) in [5, 5.41) is 2.34. The van der Waals surface area contributed by atoms with Crippen molar-refractivity contribution in [2.24, 2.45) is 0 Å². The summed E-state index contributed by atoms with van der Waals surface area (Å²) in [4.78, 5) is 51.7. The number of Topliss-reactive ketones (excluding diaryl/α,β-unsaturated/α-hetero) is 4. The fourth-order valence-corrected chi connectivity index (χ4v) is 7.80. The van der Waals surface area contributed by atoms with E-state index >= 15 is 0 Å². The molecular weight excluding hydrogens is 814 g/mol. The van der Waals surface area contributed by atoms with Crippen molar-refractivity contribution in [2.75, 3.05) is 0 Å². The van der Waals surface area contributed by atoms with Crippen molar-refractivity contribution < 1.29 is 28.0 Å². The highest BCUT2D eigenvalue weighted by Crippen LogP contribution is 2.48. The van der Waals surface area contributed by atoms with Crippen LogP contribution in [-0.2, 0) is 0 Å². The van der Waals surface area contributed by atoms with Crippen LogP contribution in [-0.4, -0.2) is 23.1 Å². The number of rotatable bonds is 4. The molecule has 0 atom stereocenters. The smallest absolute Gasteiger partial charge is 0.238 e. The highest BCUT2D eigenvalue weighted by molar-refractivity contribution is 6.54. The van der Waals surface area contributed by atoms with Crippen LogP contribution in [0.5, 0.6) is 0 Å². The van der Waals surface area contributed by atoms with Crippen LogP contribution in [0.4, 0.5) is 0 Å². The van der Waals surface area contributed by atoms with Gasteiger partial charge < -0.3 is 8.83 Å². The Labute approximate surface area is 351 Å². The van der Waals surface area contributed by atoms with E-state index in [9.17, 15) is 19.2 Å². The van der Waals surface area contributed by atoms with E-state index in [4.69, 9.17) is 55.2 Å². The van der Waals surface area contributed by atoms with E-state index in [0.29, 0.717) is 76.5 Å². The van der Waals surface area contributed by atoms with E-state index in [1.54, 1.807) is 84.9 Å². The Morgan fingerprint density at radius 2 is 0.552 bits per heavy atom. The molecule has 0 amide bonds. The number of carbonyl (C=O) groups is 4. The Morgan fingerprint density at radius 3 is 0.862 bits per heavy atom. The molecule has 0 aliphatic heterocycles. The van der Waals surface area contributed by atoms with Crippen LogP contribution in [0.2, 0.25) is 20.1 Å². The van der Waals surface area contributed by atoms with Crippen LogP contribution in [0.3, 0.4) is 0 Å². The summed E-state index contributed by atoms with van der Waals surface area (Å²) >= 11 is 24.2. The highest BCUT2D eigenvalue weighted by atomic mass is 35.5. The number of hydrogen-bond donors (Lipinski definition) is 0. The van der Waals surface area contributed by atoms with Gasteiger partial charge in [0, 0.05) is 64.6 Å². The van der Waals surface area contributed by atoms with E-state index in [-0.39, 0.29) is 11.1 Å². The molecule has 10 rings (SSSR count). The monoisotopic (exact) mass is 836 g/mol. The summed E-state index contributed by atoms with van der Waals surface area (Å²) in [5.41, 5.74) is 6.63. The van der Waals surface area contributed by atoms with Gasteiger partial charge in [-0.3, -0.25) is 19.2 Å². The summed E-state index contributed by atoms with van der Waals surface area (Å²) < 4.78 is 12.5. The maximum atomic E-state index is 13.1. The fraction of sp³-hybridized carbons (Fsp3) is 0. The zero-order chi connectivity index (χ0) is 40.2. The molecule has 0 spiro atoms. The van der Waals surface area contributed by atoms with Crippen molar-refractivity contribution in [1.29, 1.82) is 0 Å². The average molecular weight is 839 g/mol. The van der Waals surface area contributed by atoms with Gasteiger partial charge in [-0.2, -0.15) is 0 Å². The quantitative estimate of drug-likeness (QED) is 0.164. The number of furan rings is 2. The van der Waals surface area contributed by atoms with E-state index in [1.165, 1.54) is 0 Å². The maximum Gasteiger partial charge on any atom is 0.238 e.